The van der Waals surface area contributed by atoms with Gasteiger partial charge < -0.3 is 19.7 Å². The van der Waals surface area contributed by atoms with Gasteiger partial charge >= 0.3 is 5.69 Å². The SMILES string of the molecule is Cc1ccn([C@@H]2O[C@H](COC(C)C)[C@@H](O)[C@@]2(C)O)c(=O)n1. The molecule has 1 aliphatic rings. The number of aryl methyl sites for hydroxylation is 1. The fourth-order valence-electron chi connectivity index (χ4n) is 2.34. The van der Waals surface area contributed by atoms with E-state index in [1.165, 1.54) is 17.7 Å². The summed E-state index contributed by atoms with van der Waals surface area (Å²) in [5.41, 5.74) is -1.56. The first-order chi connectivity index (χ1) is 9.73. The fraction of sp³-hybridized carbons (Fsp3) is 0.714. The summed E-state index contributed by atoms with van der Waals surface area (Å²) in [4.78, 5) is 15.8. The maximum atomic E-state index is 11.9. The van der Waals surface area contributed by atoms with Crippen molar-refractivity contribution in [3.63, 3.8) is 0 Å². The second-order valence-corrected chi connectivity index (χ2v) is 5.84. The molecule has 0 aliphatic carbocycles. The molecule has 7 nitrogen and oxygen atoms in total. The van der Waals surface area contributed by atoms with Crippen molar-refractivity contribution < 1.29 is 19.7 Å². The monoisotopic (exact) mass is 298 g/mol. The lowest BCUT2D eigenvalue weighted by Crippen LogP contribution is -2.46. The van der Waals surface area contributed by atoms with E-state index < -0.39 is 29.7 Å². The molecule has 0 bridgehead atoms. The summed E-state index contributed by atoms with van der Waals surface area (Å²) in [6.45, 7) is 7.01. The van der Waals surface area contributed by atoms with Crippen molar-refractivity contribution in [1.29, 1.82) is 0 Å². The van der Waals surface area contributed by atoms with Crippen LogP contribution in [0.1, 0.15) is 32.7 Å². The lowest BCUT2D eigenvalue weighted by molar-refractivity contribution is -0.101. The Morgan fingerprint density at radius 3 is 2.81 bits per heavy atom. The van der Waals surface area contributed by atoms with Gasteiger partial charge in [-0.2, -0.15) is 4.98 Å². The van der Waals surface area contributed by atoms with Crippen LogP contribution >= 0.6 is 0 Å². The Balaban J connectivity index is 2.25. The normalized spacial score (nSPS) is 32.8. The van der Waals surface area contributed by atoms with Crippen LogP contribution in [0.3, 0.4) is 0 Å². The first-order valence-electron chi connectivity index (χ1n) is 6.96. The smallest absolute Gasteiger partial charge is 0.349 e. The highest BCUT2D eigenvalue weighted by Gasteiger charge is 2.53. The molecule has 4 atom stereocenters. The Morgan fingerprint density at radius 2 is 2.24 bits per heavy atom. The molecule has 0 radical (unpaired) electrons. The number of nitrogens with zero attached hydrogens (tertiary/aromatic N) is 2. The van der Waals surface area contributed by atoms with Crippen LogP contribution in [-0.2, 0) is 9.47 Å². The van der Waals surface area contributed by atoms with Crippen molar-refractivity contribution in [1.82, 2.24) is 9.55 Å². The minimum Gasteiger partial charge on any atom is -0.387 e. The molecule has 118 valence electrons. The van der Waals surface area contributed by atoms with Crippen molar-refractivity contribution in [3.05, 3.63) is 28.4 Å². The van der Waals surface area contributed by atoms with E-state index in [0.29, 0.717) is 5.69 Å². The zero-order chi connectivity index (χ0) is 15.8. The number of hydrogen-bond donors (Lipinski definition) is 2. The van der Waals surface area contributed by atoms with Gasteiger partial charge in [0.2, 0.25) is 0 Å². The summed E-state index contributed by atoms with van der Waals surface area (Å²) in [7, 11) is 0. The minimum absolute atomic E-state index is 0.0198. The summed E-state index contributed by atoms with van der Waals surface area (Å²) < 4.78 is 12.3. The molecule has 0 saturated carbocycles. The number of aliphatic hydroxyl groups is 2. The largest absolute Gasteiger partial charge is 0.387 e. The van der Waals surface area contributed by atoms with Crippen LogP contribution in [0.15, 0.2) is 17.1 Å². The molecule has 1 fully saturated rings. The molecule has 0 aromatic carbocycles. The third-order valence-electron chi connectivity index (χ3n) is 3.57. The average molecular weight is 298 g/mol. The number of ether oxygens (including phenoxy) is 2. The lowest BCUT2D eigenvalue weighted by atomic mass is 9.96. The predicted octanol–water partition coefficient (Wildman–Crippen LogP) is -0.0140. The van der Waals surface area contributed by atoms with Gasteiger partial charge in [0, 0.05) is 11.9 Å². The topological polar surface area (TPSA) is 93.8 Å². The van der Waals surface area contributed by atoms with Gasteiger partial charge in [-0.1, -0.05) is 0 Å². The molecule has 0 unspecified atom stereocenters. The highest BCUT2D eigenvalue weighted by Crippen LogP contribution is 2.37. The molecule has 2 rings (SSSR count). The van der Waals surface area contributed by atoms with Crippen LogP contribution in [-0.4, -0.2) is 50.3 Å². The first kappa shape index (κ1) is 16.1. The summed E-state index contributed by atoms with van der Waals surface area (Å²) in [5, 5.41) is 20.7. The summed E-state index contributed by atoms with van der Waals surface area (Å²) >= 11 is 0. The van der Waals surface area contributed by atoms with Crippen molar-refractivity contribution in [2.75, 3.05) is 6.61 Å². The maximum Gasteiger partial charge on any atom is 0.349 e. The molecule has 1 aromatic heterocycles. The van der Waals surface area contributed by atoms with Gasteiger partial charge in [0.05, 0.1) is 12.7 Å². The van der Waals surface area contributed by atoms with Gasteiger partial charge in [-0.15, -0.1) is 0 Å². The molecular weight excluding hydrogens is 276 g/mol. The molecule has 0 amide bonds. The molecule has 21 heavy (non-hydrogen) atoms. The van der Waals surface area contributed by atoms with E-state index in [-0.39, 0.29) is 12.7 Å². The third-order valence-corrected chi connectivity index (χ3v) is 3.57. The molecular formula is C14H22N2O5. The van der Waals surface area contributed by atoms with Gasteiger partial charge in [0.1, 0.15) is 17.8 Å². The van der Waals surface area contributed by atoms with Crippen LogP contribution in [0.4, 0.5) is 0 Å². The quantitative estimate of drug-likeness (QED) is 0.812. The maximum absolute atomic E-state index is 11.9. The van der Waals surface area contributed by atoms with Crippen LogP contribution in [0.25, 0.3) is 0 Å². The van der Waals surface area contributed by atoms with Crippen LogP contribution in [0.2, 0.25) is 0 Å². The van der Waals surface area contributed by atoms with E-state index in [1.54, 1.807) is 13.0 Å². The van der Waals surface area contributed by atoms with E-state index in [0.717, 1.165) is 0 Å². The first-order valence-corrected chi connectivity index (χ1v) is 6.96. The van der Waals surface area contributed by atoms with Gasteiger partial charge in [-0.3, -0.25) is 4.57 Å². The predicted molar refractivity (Wildman–Crippen MR) is 74.9 cm³/mol. The number of aromatic nitrogens is 2. The zero-order valence-electron chi connectivity index (χ0n) is 12.7. The Hall–Kier alpha value is -1.28. The average Bonchev–Trinajstić information content (AvgIpc) is 2.60. The van der Waals surface area contributed by atoms with Crippen LogP contribution < -0.4 is 5.69 Å². The molecule has 2 N–H and O–H groups in total. The minimum atomic E-state index is -1.61. The van der Waals surface area contributed by atoms with E-state index in [9.17, 15) is 15.0 Å². The number of hydrogen-bond acceptors (Lipinski definition) is 6. The van der Waals surface area contributed by atoms with E-state index in [1.807, 2.05) is 13.8 Å². The lowest BCUT2D eigenvalue weighted by Gasteiger charge is -2.27. The van der Waals surface area contributed by atoms with Crippen molar-refractivity contribution in [3.8, 4) is 0 Å². The molecule has 2 heterocycles. The highest BCUT2D eigenvalue weighted by atomic mass is 16.6. The summed E-state index contributed by atoms with van der Waals surface area (Å²) in [5.74, 6) is 0. The fourth-order valence-corrected chi connectivity index (χ4v) is 2.34. The molecule has 0 spiro atoms. The van der Waals surface area contributed by atoms with Crippen molar-refractivity contribution in [2.45, 2.75) is 57.8 Å². The van der Waals surface area contributed by atoms with Gasteiger partial charge in [-0.25, -0.2) is 4.79 Å². The standard InChI is InChI=1S/C14H22N2O5/c1-8(2)20-7-10-11(17)14(4,19)12(21-10)16-6-5-9(3)15-13(16)18/h5-6,8,10-12,17,19H,7H2,1-4H3/t10-,11-,12-,14-/m1/s1. The van der Waals surface area contributed by atoms with Gasteiger partial charge in [-0.05, 0) is 33.8 Å². The van der Waals surface area contributed by atoms with Gasteiger partial charge in [0.15, 0.2) is 6.23 Å². The third kappa shape index (κ3) is 3.16. The molecule has 1 aliphatic heterocycles. The molecule has 1 aromatic rings. The Bertz CT molecular complexity index is 555. The molecule has 7 heteroatoms. The number of aliphatic hydroxyl groups excluding tert-OH is 1. The van der Waals surface area contributed by atoms with E-state index in [2.05, 4.69) is 4.98 Å². The van der Waals surface area contributed by atoms with Crippen molar-refractivity contribution >= 4 is 0 Å². The highest BCUT2D eigenvalue weighted by molar-refractivity contribution is 5.03. The summed E-state index contributed by atoms with van der Waals surface area (Å²) in [6.07, 6.45) is -1.39. The van der Waals surface area contributed by atoms with E-state index in [4.69, 9.17) is 9.47 Å². The Kier molecular flexibility index (Phi) is 4.48. The van der Waals surface area contributed by atoms with Crippen LogP contribution in [0, 0.1) is 6.92 Å². The second kappa shape index (κ2) is 5.84. The Morgan fingerprint density at radius 1 is 1.57 bits per heavy atom. The zero-order valence-corrected chi connectivity index (χ0v) is 12.7. The second-order valence-electron chi connectivity index (χ2n) is 5.84. The number of rotatable bonds is 4. The molecule has 1 saturated heterocycles. The summed E-state index contributed by atoms with van der Waals surface area (Å²) in [6, 6.07) is 1.64. The van der Waals surface area contributed by atoms with Crippen LogP contribution in [0.5, 0.6) is 0 Å². The van der Waals surface area contributed by atoms with Gasteiger partial charge in [0.25, 0.3) is 0 Å². The Labute approximate surface area is 123 Å². The van der Waals surface area contributed by atoms with Crippen molar-refractivity contribution in [2.24, 2.45) is 0 Å². The van der Waals surface area contributed by atoms with E-state index >= 15 is 0 Å².